The molecule has 0 atom stereocenters. The van der Waals surface area contributed by atoms with Gasteiger partial charge in [-0.05, 0) is 43.4 Å². The molecule has 0 saturated carbocycles. The van der Waals surface area contributed by atoms with Crippen molar-refractivity contribution in [3.05, 3.63) is 23.8 Å². The summed E-state index contributed by atoms with van der Waals surface area (Å²) >= 11 is 0. The third-order valence-electron chi connectivity index (χ3n) is 5.01. The second-order valence-electron chi connectivity index (χ2n) is 6.73. The molecule has 0 aromatic heterocycles. The number of benzene rings is 1. The van der Waals surface area contributed by atoms with Gasteiger partial charge >= 0.3 is 0 Å². The van der Waals surface area contributed by atoms with Crippen LogP contribution in [0.2, 0.25) is 0 Å². The number of nitrogens with zero attached hydrogens (tertiary/aromatic N) is 1. The number of hydrogen-bond acceptors (Lipinski definition) is 2. The standard InChI is InChI=1S/C18H28N2/c1-3-9-18(10-4-2)13-20(14-18)16-8-7-15-6-5-11-19-17(15)12-16/h7-8,12,19H,3-6,9-11,13-14H2,1-2H3. The van der Waals surface area contributed by atoms with E-state index in [1.165, 1.54) is 68.6 Å². The normalized spacial score (nSPS) is 20.0. The number of hydrogen-bond donors (Lipinski definition) is 1. The molecule has 2 heteroatoms. The van der Waals surface area contributed by atoms with E-state index < -0.39 is 0 Å². The largest absolute Gasteiger partial charge is 0.385 e. The smallest absolute Gasteiger partial charge is 0.0393 e. The Kier molecular flexibility index (Phi) is 3.91. The molecule has 3 rings (SSSR count). The lowest BCUT2D eigenvalue weighted by atomic mass is 9.72. The zero-order valence-corrected chi connectivity index (χ0v) is 13.0. The van der Waals surface area contributed by atoms with Gasteiger partial charge in [-0.15, -0.1) is 0 Å². The topological polar surface area (TPSA) is 15.3 Å². The van der Waals surface area contributed by atoms with Crippen molar-refractivity contribution in [1.29, 1.82) is 0 Å². The van der Waals surface area contributed by atoms with E-state index in [-0.39, 0.29) is 0 Å². The van der Waals surface area contributed by atoms with E-state index in [2.05, 4.69) is 42.3 Å². The first-order chi connectivity index (χ1) is 9.76. The molecule has 1 N–H and O–H groups in total. The summed E-state index contributed by atoms with van der Waals surface area (Å²) in [6, 6.07) is 7.03. The number of rotatable bonds is 5. The van der Waals surface area contributed by atoms with Crippen LogP contribution in [0.15, 0.2) is 18.2 Å². The van der Waals surface area contributed by atoms with Crippen molar-refractivity contribution in [2.45, 2.75) is 52.4 Å². The van der Waals surface area contributed by atoms with Crippen molar-refractivity contribution >= 4 is 11.4 Å². The van der Waals surface area contributed by atoms with Crippen LogP contribution in [0.25, 0.3) is 0 Å². The lowest BCUT2D eigenvalue weighted by Crippen LogP contribution is -2.56. The fourth-order valence-electron chi connectivity index (χ4n) is 4.09. The van der Waals surface area contributed by atoms with Gasteiger partial charge in [0.05, 0.1) is 0 Å². The molecule has 110 valence electrons. The summed E-state index contributed by atoms with van der Waals surface area (Å²) in [5.41, 5.74) is 4.89. The van der Waals surface area contributed by atoms with Crippen LogP contribution in [0.3, 0.4) is 0 Å². The average molecular weight is 272 g/mol. The number of nitrogens with one attached hydrogen (secondary N) is 1. The molecule has 2 aliphatic rings. The third kappa shape index (κ3) is 2.53. The molecule has 2 aliphatic heterocycles. The fraction of sp³-hybridized carbons (Fsp3) is 0.667. The minimum Gasteiger partial charge on any atom is -0.385 e. The molecule has 0 bridgehead atoms. The van der Waals surface area contributed by atoms with Crippen LogP contribution >= 0.6 is 0 Å². The van der Waals surface area contributed by atoms with Gasteiger partial charge in [0.25, 0.3) is 0 Å². The second kappa shape index (κ2) is 5.67. The van der Waals surface area contributed by atoms with Gasteiger partial charge in [-0.1, -0.05) is 32.8 Å². The minimum absolute atomic E-state index is 0.604. The summed E-state index contributed by atoms with van der Waals surface area (Å²) < 4.78 is 0. The first kappa shape index (κ1) is 13.8. The molecule has 20 heavy (non-hydrogen) atoms. The lowest BCUT2D eigenvalue weighted by molar-refractivity contribution is 0.173. The van der Waals surface area contributed by atoms with Crippen LogP contribution in [0.1, 0.15) is 51.5 Å². The van der Waals surface area contributed by atoms with Crippen molar-refractivity contribution in [1.82, 2.24) is 0 Å². The van der Waals surface area contributed by atoms with Crippen LogP contribution in [-0.2, 0) is 6.42 Å². The Morgan fingerprint density at radius 1 is 1.15 bits per heavy atom. The Labute approximate surface area is 123 Å². The lowest BCUT2D eigenvalue weighted by Gasteiger charge is -2.52. The molecule has 1 fully saturated rings. The highest BCUT2D eigenvalue weighted by Crippen LogP contribution is 2.42. The van der Waals surface area contributed by atoms with E-state index in [0.717, 1.165) is 6.54 Å². The van der Waals surface area contributed by atoms with Gasteiger partial charge in [0.1, 0.15) is 0 Å². The zero-order valence-electron chi connectivity index (χ0n) is 13.0. The first-order valence-electron chi connectivity index (χ1n) is 8.38. The van der Waals surface area contributed by atoms with Gasteiger partial charge in [-0.3, -0.25) is 0 Å². The molecule has 1 aromatic carbocycles. The maximum atomic E-state index is 3.55. The Balaban J connectivity index is 1.69. The molecule has 1 saturated heterocycles. The van der Waals surface area contributed by atoms with Gasteiger partial charge in [0, 0.05) is 36.4 Å². The van der Waals surface area contributed by atoms with Gasteiger partial charge in [-0.2, -0.15) is 0 Å². The van der Waals surface area contributed by atoms with Gasteiger partial charge in [0.2, 0.25) is 0 Å². The fourth-order valence-corrected chi connectivity index (χ4v) is 4.09. The van der Waals surface area contributed by atoms with Crippen molar-refractivity contribution in [2.24, 2.45) is 5.41 Å². The van der Waals surface area contributed by atoms with Crippen molar-refractivity contribution in [2.75, 3.05) is 29.9 Å². The molecule has 0 spiro atoms. The molecule has 1 aromatic rings. The Bertz CT molecular complexity index is 452. The second-order valence-corrected chi connectivity index (χ2v) is 6.73. The van der Waals surface area contributed by atoms with Crippen molar-refractivity contribution in [3.63, 3.8) is 0 Å². The van der Waals surface area contributed by atoms with Crippen LogP contribution in [-0.4, -0.2) is 19.6 Å². The van der Waals surface area contributed by atoms with E-state index in [0.29, 0.717) is 5.41 Å². The van der Waals surface area contributed by atoms with Crippen LogP contribution in [0, 0.1) is 5.41 Å². The van der Waals surface area contributed by atoms with E-state index in [9.17, 15) is 0 Å². The van der Waals surface area contributed by atoms with Crippen LogP contribution in [0.4, 0.5) is 11.4 Å². The Hall–Kier alpha value is -1.18. The summed E-state index contributed by atoms with van der Waals surface area (Å²) in [6.07, 6.45) is 7.92. The highest BCUT2D eigenvalue weighted by molar-refractivity contribution is 5.64. The predicted octanol–water partition coefficient (Wildman–Crippen LogP) is 4.45. The molecule has 0 radical (unpaired) electrons. The summed E-state index contributed by atoms with van der Waals surface area (Å²) in [5.74, 6) is 0. The number of aryl methyl sites for hydroxylation is 1. The van der Waals surface area contributed by atoms with E-state index in [1.54, 1.807) is 0 Å². The molecule has 2 nitrogen and oxygen atoms in total. The quantitative estimate of drug-likeness (QED) is 0.852. The summed E-state index contributed by atoms with van der Waals surface area (Å²) in [5, 5.41) is 3.55. The molecular weight excluding hydrogens is 244 g/mol. The summed E-state index contributed by atoms with van der Waals surface area (Å²) in [7, 11) is 0. The Morgan fingerprint density at radius 2 is 1.90 bits per heavy atom. The van der Waals surface area contributed by atoms with Gasteiger partial charge < -0.3 is 10.2 Å². The Morgan fingerprint density at radius 3 is 2.60 bits per heavy atom. The molecule has 2 heterocycles. The molecule has 0 unspecified atom stereocenters. The highest BCUT2D eigenvalue weighted by atomic mass is 15.2. The van der Waals surface area contributed by atoms with Crippen molar-refractivity contribution < 1.29 is 0 Å². The SMILES string of the molecule is CCCC1(CCC)CN(c2ccc3c(c2)NCCC3)C1. The summed E-state index contributed by atoms with van der Waals surface area (Å²) in [4.78, 5) is 2.57. The number of anilines is 2. The number of fused-ring (bicyclic) bond motifs is 1. The summed E-state index contributed by atoms with van der Waals surface area (Å²) in [6.45, 7) is 8.29. The molecule has 0 amide bonds. The maximum Gasteiger partial charge on any atom is 0.0393 e. The van der Waals surface area contributed by atoms with Gasteiger partial charge in [-0.25, -0.2) is 0 Å². The van der Waals surface area contributed by atoms with Crippen molar-refractivity contribution in [3.8, 4) is 0 Å². The highest BCUT2D eigenvalue weighted by Gasteiger charge is 2.41. The van der Waals surface area contributed by atoms with E-state index in [1.807, 2.05) is 0 Å². The monoisotopic (exact) mass is 272 g/mol. The third-order valence-corrected chi connectivity index (χ3v) is 5.01. The average Bonchev–Trinajstić information content (AvgIpc) is 2.44. The minimum atomic E-state index is 0.604. The van der Waals surface area contributed by atoms with Crippen LogP contribution in [0.5, 0.6) is 0 Å². The van der Waals surface area contributed by atoms with E-state index >= 15 is 0 Å². The predicted molar refractivity (Wildman–Crippen MR) is 87.7 cm³/mol. The first-order valence-corrected chi connectivity index (χ1v) is 8.38. The molecule has 0 aliphatic carbocycles. The zero-order chi connectivity index (χ0) is 14.0. The van der Waals surface area contributed by atoms with E-state index in [4.69, 9.17) is 0 Å². The maximum absolute atomic E-state index is 3.55. The van der Waals surface area contributed by atoms with Gasteiger partial charge in [0.15, 0.2) is 0 Å². The molecular formula is C18H28N2. The van der Waals surface area contributed by atoms with Crippen LogP contribution < -0.4 is 10.2 Å².